The van der Waals surface area contributed by atoms with Gasteiger partial charge in [-0.1, -0.05) is 6.92 Å². The predicted molar refractivity (Wildman–Crippen MR) is 66.4 cm³/mol. The number of nitrogens with zero attached hydrogens (tertiary/aromatic N) is 1. The number of carbonyl (C=O) groups is 1. The van der Waals surface area contributed by atoms with Gasteiger partial charge in [-0.2, -0.15) is 0 Å². The van der Waals surface area contributed by atoms with Crippen molar-refractivity contribution in [1.82, 2.24) is 9.62 Å². The second-order valence-electron chi connectivity index (χ2n) is 4.09. The fraction of sp³-hybridized carbons (Fsp3) is 0.900. The Morgan fingerprint density at radius 3 is 2.53 bits per heavy atom. The summed E-state index contributed by atoms with van der Waals surface area (Å²) in [5.41, 5.74) is 0. The normalized spacial score (nSPS) is 13.9. The molecule has 0 saturated heterocycles. The lowest BCUT2D eigenvalue weighted by Gasteiger charge is -2.23. The molecule has 6 nitrogen and oxygen atoms in total. The lowest BCUT2D eigenvalue weighted by atomic mass is 10.2. The van der Waals surface area contributed by atoms with E-state index in [4.69, 9.17) is 5.11 Å². The van der Waals surface area contributed by atoms with Crippen LogP contribution < -0.4 is 4.72 Å². The summed E-state index contributed by atoms with van der Waals surface area (Å²) >= 11 is 0. The highest BCUT2D eigenvalue weighted by molar-refractivity contribution is 7.89. The molecule has 0 heterocycles. The second kappa shape index (κ2) is 7.62. The minimum absolute atomic E-state index is 0.308. The van der Waals surface area contributed by atoms with Crippen LogP contribution in [0.15, 0.2) is 0 Å². The average molecular weight is 266 g/mol. The molecule has 0 aliphatic heterocycles. The molecule has 1 unspecified atom stereocenters. The van der Waals surface area contributed by atoms with E-state index in [1.165, 1.54) is 0 Å². The summed E-state index contributed by atoms with van der Waals surface area (Å²) < 4.78 is 25.1. The SMILES string of the molecule is CCC(C)N(C)CCNS(=O)(=O)CCC(=O)O. The summed E-state index contributed by atoms with van der Waals surface area (Å²) in [6, 6.07) is 0.401. The Labute approximate surface area is 103 Å². The van der Waals surface area contributed by atoms with Crippen molar-refractivity contribution in [3.63, 3.8) is 0 Å². The van der Waals surface area contributed by atoms with Crippen molar-refractivity contribution in [2.75, 3.05) is 25.9 Å². The maximum atomic E-state index is 11.4. The standard InChI is InChI=1S/C10H22N2O4S/c1-4-9(2)12(3)7-6-11-17(15,16)8-5-10(13)14/h9,11H,4-8H2,1-3H3,(H,13,14). The van der Waals surface area contributed by atoms with Crippen molar-refractivity contribution >= 4 is 16.0 Å². The molecule has 0 aliphatic carbocycles. The molecule has 0 aliphatic rings. The second-order valence-corrected chi connectivity index (χ2v) is 6.02. The summed E-state index contributed by atoms with van der Waals surface area (Å²) in [7, 11) is -1.53. The molecular formula is C10H22N2O4S. The van der Waals surface area contributed by atoms with E-state index in [2.05, 4.69) is 23.5 Å². The first kappa shape index (κ1) is 16.3. The Bertz CT molecular complexity index is 329. The van der Waals surface area contributed by atoms with Gasteiger partial charge >= 0.3 is 5.97 Å². The van der Waals surface area contributed by atoms with Crippen LogP contribution in [0.3, 0.4) is 0 Å². The van der Waals surface area contributed by atoms with E-state index in [9.17, 15) is 13.2 Å². The molecule has 0 saturated carbocycles. The third-order valence-electron chi connectivity index (χ3n) is 2.71. The zero-order valence-electron chi connectivity index (χ0n) is 10.6. The van der Waals surface area contributed by atoms with Gasteiger partial charge in [0.25, 0.3) is 0 Å². The van der Waals surface area contributed by atoms with Gasteiger partial charge in [0.1, 0.15) is 0 Å². The van der Waals surface area contributed by atoms with Crippen LogP contribution in [0.25, 0.3) is 0 Å². The Kier molecular flexibility index (Phi) is 7.33. The van der Waals surface area contributed by atoms with Crippen LogP contribution in [0.5, 0.6) is 0 Å². The number of sulfonamides is 1. The monoisotopic (exact) mass is 266 g/mol. The molecular weight excluding hydrogens is 244 g/mol. The van der Waals surface area contributed by atoms with Gasteiger partial charge < -0.3 is 10.0 Å². The molecule has 102 valence electrons. The molecule has 0 rings (SSSR count). The summed E-state index contributed by atoms with van der Waals surface area (Å²) in [5, 5.41) is 8.39. The fourth-order valence-corrected chi connectivity index (χ4v) is 2.19. The van der Waals surface area contributed by atoms with Gasteiger partial charge in [0.05, 0.1) is 12.2 Å². The zero-order chi connectivity index (χ0) is 13.5. The first-order valence-electron chi connectivity index (χ1n) is 5.68. The van der Waals surface area contributed by atoms with E-state index in [-0.39, 0.29) is 12.2 Å². The lowest BCUT2D eigenvalue weighted by molar-refractivity contribution is -0.136. The van der Waals surface area contributed by atoms with Gasteiger partial charge in [0, 0.05) is 19.1 Å². The van der Waals surface area contributed by atoms with Crippen LogP contribution in [0.1, 0.15) is 26.7 Å². The number of carboxylic acids is 1. The number of likely N-dealkylation sites (N-methyl/N-ethyl adjacent to an activating group) is 1. The minimum Gasteiger partial charge on any atom is -0.481 e. The molecule has 0 amide bonds. The van der Waals surface area contributed by atoms with Gasteiger partial charge in [-0.25, -0.2) is 13.1 Å². The molecule has 0 aromatic heterocycles. The van der Waals surface area contributed by atoms with E-state index >= 15 is 0 Å². The Morgan fingerprint density at radius 1 is 1.47 bits per heavy atom. The van der Waals surface area contributed by atoms with Crippen LogP contribution in [0.2, 0.25) is 0 Å². The Hall–Kier alpha value is -0.660. The van der Waals surface area contributed by atoms with Gasteiger partial charge in [-0.05, 0) is 20.4 Å². The first-order chi connectivity index (χ1) is 7.78. The molecule has 0 aromatic carbocycles. The molecule has 0 spiro atoms. The van der Waals surface area contributed by atoms with Crippen molar-refractivity contribution in [3.8, 4) is 0 Å². The van der Waals surface area contributed by atoms with E-state index < -0.39 is 16.0 Å². The molecule has 0 fully saturated rings. The number of hydrogen-bond acceptors (Lipinski definition) is 4. The Balaban J connectivity index is 3.91. The molecule has 7 heteroatoms. The molecule has 0 bridgehead atoms. The predicted octanol–water partition coefficient (Wildman–Crippen LogP) is 0.111. The highest BCUT2D eigenvalue weighted by Gasteiger charge is 2.13. The van der Waals surface area contributed by atoms with E-state index in [1.807, 2.05) is 7.05 Å². The van der Waals surface area contributed by atoms with E-state index in [1.54, 1.807) is 0 Å². The van der Waals surface area contributed by atoms with Crippen LogP contribution in [-0.4, -0.2) is 56.3 Å². The molecule has 17 heavy (non-hydrogen) atoms. The Morgan fingerprint density at radius 2 is 2.06 bits per heavy atom. The smallest absolute Gasteiger partial charge is 0.304 e. The van der Waals surface area contributed by atoms with Gasteiger partial charge in [-0.3, -0.25) is 4.79 Å². The van der Waals surface area contributed by atoms with Crippen LogP contribution in [-0.2, 0) is 14.8 Å². The maximum absolute atomic E-state index is 11.4. The molecule has 0 aromatic rings. The zero-order valence-corrected chi connectivity index (χ0v) is 11.5. The van der Waals surface area contributed by atoms with Crippen molar-refractivity contribution in [2.24, 2.45) is 0 Å². The fourth-order valence-electron chi connectivity index (χ4n) is 1.20. The first-order valence-corrected chi connectivity index (χ1v) is 7.33. The third-order valence-corrected chi connectivity index (χ3v) is 4.10. The van der Waals surface area contributed by atoms with Gasteiger partial charge in [0.15, 0.2) is 0 Å². The van der Waals surface area contributed by atoms with Crippen molar-refractivity contribution < 1.29 is 18.3 Å². The number of hydrogen-bond donors (Lipinski definition) is 2. The molecule has 0 radical (unpaired) electrons. The minimum atomic E-state index is -3.46. The van der Waals surface area contributed by atoms with E-state index in [0.29, 0.717) is 19.1 Å². The third kappa shape index (κ3) is 8.12. The average Bonchev–Trinajstić information content (AvgIpc) is 2.25. The summed E-state index contributed by atoms with van der Waals surface area (Å²) in [4.78, 5) is 12.3. The van der Waals surface area contributed by atoms with Crippen LogP contribution in [0, 0.1) is 0 Å². The van der Waals surface area contributed by atoms with Crippen LogP contribution in [0.4, 0.5) is 0 Å². The number of aliphatic carboxylic acids is 1. The topological polar surface area (TPSA) is 86.7 Å². The summed E-state index contributed by atoms with van der Waals surface area (Å²) in [6.45, 7) is 5.06. The quantitative estimate of drug-likeness (QED) is 0.618. The lowest BCUT2D eigenvalue weighted by Crippen LogP contribution is -2.38. The summed E-state index contributed by atoms with van der Waals surface area (Å²) in [5.74, 6) is -1.47. The number of rotatable bonds is 9. The summed E-state index contributed by atoms with van der Waals surface area (Å²) in [6.07, 6.45) is 0.638. The molecule has 1 atom stereocenters. The number of nitrogens with one attached hydrogen (secondary N) is 1. The van der Waals surface area contributed by atoms with E-state index in [0.717, 1.165) is 6.42 Å². The molecule has 2 N–H and O–H groups in total. The highest BCUT2D eigenvalue weighted by atomic mass is 32.2. The van der Waals surface area contributed by atoms with Gasteiger partial charge in [-0.15, -0.1) is 0 Å². The maximum Gasteiger partial charge on any atom is 0.304 e. The largest absolute Gasteiger partial charge is 0.481 e. The van der Waals surface area contributed by atoms with Crippen molar-refractivity contribution in [3.05, 3.63) is 0 Å². The van der Waals surface area contributed by atoms with Crippen LogP contribution >= 0.6 is 0 Å². The van der Waals surface area contributed by atoms with Gasteiger partial charge in [0.2, 0.25) is 10.0 Å². The highest BCUT2D eigenvalue weighted by Crippen LogP contribution is 1.98. The van der Waals surface area contributed by atoms with Crippen molar-refractivity contribution in [2.45, 2.75) is 32.7 Å². The van der Waals surface area contributed by atoms with Crippen molar-refractivity contribution in [1.29, 1.82) is 0 Å². The number of carboxylic acid groups (broad SMARTS) is 1.